The van der Waals surface area contributed by atoms with E-state index in [1.54, 1.807) is 6.07 Å². The number of anilines is 1. The largest absolute Gasteiger partial charge is 0.347 e. The van der Waals surface area contributed by atoms with Crippen molar-refractivity contribution in [2.75, 3.05) is 25.3 Å². The summed E-state index contributed by atoms with van der Waals surface area (Å²) in [5, 5.41) is 0. The predicted molar refractivity (Wildman–Crippen MR) is 142 cm³/mol. The summed E-state index contributed by atoms with van der Waals surface area (Å²) >= 11 is 0. The van der Waals surface area contributed by atoms with E-state index < -0.39 is 9.84 Å². The zero-order chi connectivity index (χ0) is 25.1. The minimum absolute atomic E-state index is 0.0501. The molecular weight excluding hydrogens is 440 g/mol. The maximum Gasteiger partial charge on any atom is 0.209 e. The Morgan fingerprint density at radius 2 is 1.62 bits per heavy atom. The van der Waals surface area contributed by atoms with Crippen LogP contribution >= 0.6 is 0 Å². The Morgan fingerprint density at radius 3 is 2.29 bits per heavy atom. The van der Waals surface area contributed by atoms with Gasteiger partial charge >= 0.3 is 0 Å². The number of sulfone groups is 1. The maximum absolute atomic E-state index is 12.1. The van der Waals surface area contributed by atoms with E-state index in [1.165, 1.54) is 28.8 Å². The van der Waals surface area contributed by atoms with E-state index in [4.69, 9.17) is 0 Å². The van der Waals surface area contributed by atoms with Crippen LogP contribution in [0.4, 0.5) is 11.4 Å². The summed E-state index contributed by atoms with van der Waals surface area (Å²) in [5.41, 5.74) is 8.05. The molecule has 0 saturated carbocycles. The van der Waals surface area contributed by atoms with Gasteiger partial charge in [0.05, 0.1) is 10.3 Å². The van der Waals surface area contributed by atoms with Crippen LogP contribution in [0, 0.1) is 6.92 Å². The first kappa shape index (κ1) is 24.2. The second-order valence-corrected chi connectivity index (χ2v) is 12.5. The molecule has 0 spiro atoms. The van der Waals surface area contributed by atoms with Crippen LogP contribution in [0.1, 0.15) is 44.4 Å². The minimum Gasteiger partial charge on any atom is -0.347 e. The molecule has 2 heterocycles. The highest BCUT2D eigenvalue weighted by Gasteiger charge is 2.43. The number of hydrogen-bond acceptors (Lipinski definition) is 3. The fourth-order valence-corrected chi connectivity index (χ4v) is 6.00. The summed E-state index contributed by atoms with van der Waals surface area (Å²) in [4.78, 5) is 2.64. The quantitative estimate of drug-likeness (QED) is 0.413. The van der Waals surface area contributed by atoms with Crippen LogP contribution in [-0.2, 0) is 20.7 Å². The Morgan fingerprint density at radius 1 is 0.912 bits per heavy atom. The number of nitrogens with zero attached hydrogens (tertiary/aromatic N) is 2. The number of hydrogen-bond donors (Lipinski definition) is 0. The Kier molecular flexibility index (Phi) is 5.76. The summed E-state index contributed by atoms with van der Waals surface area (Å²) in [6, 6.07) is 12.1. The lowest BCUT2D eigenvalue weighted by atomic mass is 9.81. The van der Waals surface area contributed by atoms with Crippen molar-refractivity contribution in [3.8, 4) is 0 Å². The predicted octanol–water partition coefficient (Wildman–Crippen LogP) is 5.83. The smallest absolute Gasteiger partial charge is 0.209 e. The van der Waals surface area contributed by atoms with Crippen LogP contribution in [0.25, 0.3) is 0 Å². The van der Waals surface area contributed by atoms with Gasteiger partial charge in [-0.1, -0.05) is 49.8 Å². The molecule has 0 fully saturated rings. The first-order valence-electron chi connectivity index (χ1n) is 11.6. The van der Waals surface area contributed by atoms with Gasteiger partial charge in [0.1, 0.15) is 7.05 Å². The summed E-state index contributed by atoms with van der Waals surface area (Å²) < 4.78 is 26.3. The first-order chi connectivity index (χ1) is 15.8. The van der Waals surface area contributed by atoms with Crippen molar-refractivity contribution in [1.29, 1.82) is 0 Å². The molecule has 0 atom stereocenters. The van der Waals surface area contributed by atoms with Crippen LogP contribution in [0.2, 0.25) is 0 Å². The summed E-state index contributed by atoms with van der Waals surface area (Å²) in [6.07, 6.45) is 11.8. The van der Waals surface area contributed by atoms with Gasteiger partial charge in [-0.05, 0) is 50.6 Å². The Labute approximate surface area is 204 Å². The number of fused-ring (bicyclic) bond motifs is 2. The molecule has 2 aliphatic rings. The lowest BCUT2D eigenvalue weighted by molar-refractivity contribution is -0.401. The normalized spacial score (nSPS) is 20.1. The van der Waals surface area contributed by atoms with Gasteiger partial charge in [0.15, 0.2) is 15.5 Å². The van der Waals surface area contributed by atoms with Crippen LogP contribution in [0.3, 0.4) is 0 Å². The van der Waals surface area contributed by atoms with Crippen LogP contribution in [0.5, 0.6) is 0 Å². The number of benzene rings is 2. The van der Waals surface area contributed by atoms with E-state index in [0.29, 0.717) is 4.90 Å². The molecule has 4 nitrogen and oxygen atoms in total. The van der Waals surface area contributed by atoms with Gasteiger partial charge in [0.2, 0.25) is 5.69 Å². The van der Waals surface area contributed by atoms with Gasteiger partial charge in [0.25, 0.3) is 0 Å². The molecule has 0 aromatic heterocycles. The summed E-state index contributed by atoms with van der Waals surface area (Å²) in [6.45, 7) is 11.0. The molecule has 2 aromatic carbocycles. The van der Waals surface area contributed by atoms with Gasteiger partial charge in [-0.25, -0.2) is 8.42 Å². The lowest BCUT2D eigenvalue weighted by Gasteiger charge is -2.23. The maximum atomic E-state index is 12.1. The van der Waals surface area contributed by atoms with E-state index in [9.17, 15) is 8.42 Å². The summed E-state index contributed by atoms with van der Waals surface area (Å²) in [7, 11) is 0.921. The Balaban J connectivity index is 1.59. The lowest BCUT2D eigenvalue weighted by Crippen LogP contribution is -2.26. The van der Waals surface area contributed by atoms with E-state index in [2.05, 4.69) is 99.7 Å². The molecule has 2 aromatic rings. The molecule has 0 N–H and O–H groups in total. The number of allylic oxidation sites excluding steroid dienone is 6. The van der Waals surface area contributed by atoms with Crippen molar-refractivity contribution in [2.24, 2.45) is 0 Å². The monoisotopic (exact) mass is 475 g/mol. The minimum atomic E-state index is -3.25. The Bertz CT molecular complexity index is 1400. The molecular formula is C29H35N2O2S+. The third-order valence-corrected chi connectivity index (χ3v) is 8.46. The fourth-order valence-electron chi connectivity index (χ4n) is 5.35. The second-order valence-electron chi connectivity index (χ2n) is 10.5. The zero-order valence-electron chi connectivity index (χ0n) is 21.5. The van der Waals surface area contributed by atoms with Gasteiger partial charge in [0, 0.05) is 47.8 Å². The number of aryl methyl sites for hydroxylation is 1. The van der Waals surface area contributed by atoms with Crippen LogP contribution < -0.4 is 4.90 Å². The third kappa shape index (κ3) is 3.86. The average Bonchev–Trinajstić information content (AvgIpc) is 3.06. The van der Waals surface area contributed by atoms with Crippen LogP contribution in [0.15, 0.2) is 77.4 Å². The molecule has 0 bridgehead atoms. The van der Waals surface area contributed by atoms with Gasteiger partial charge in [-0.2, -0.15) is 4.58 Å². The van der Waals surface area contributed by atoms with Crippen molar-refractivity contribution in [2.45, 2.75) is 50.3 Å². The van der Waals surface area contributed by atoms with Crippen LogP contribution in [-0.4, -0.2) is 39.1 Å². The molecule has 4 rings (SSSR count). The molecule has 5 heteroatoms. The SMILES string of the molecule is Cc1ccc2c(c1)C(C)(C)\C(=C/C=C/C=C/C1=[N+](C)c3ccc(S(C)(=O)=O)cc3C1(C)C)N2C. The molecule has 0 amide bonds. The molecule has 0 unspecified atom stereocenters. The van der Waals surface area contributed by atoms with Gasteiger partial charge in [-0.3, -0.25) is 0 Å². The fraction of sp³-hybridized carbons (Fsp3) is 0.345. The molecule has 2 aliphatic heterocycles. The topological polar surface area (TPSA) is 40.4 Å². The Hall–Kier alpha value is -2.92. The van der Waals surface area contributed by atoms with E-state index in [-0.39, 0.29) is 10.8 Å². The van der Waals surface area contributed by atoms with E-state index in [1.807, 2.05) is 19.2 Å². The van der Waals surface area contributed by atoms with E-state index in [0.717, 1.165) is 17.0 Å². The van der Waals surface area contributed by atoms with Crippen molar-refractivity contribution >= 4 is 26.9 Å². The first-order valence-corrected chi connectivity index (χ1v) is 13.5. The molecule has 0 saturated heterocycles. The summed E-state index contributed by atoms with van der Waals surface area (Å²) in [5.74, 6) is 0. The zero-order valence-corrected chi connectivity index (χ0v) is 22.3. The van der Waals surface area contributed by atoms with Crippen molar-refractivity contribution in [3.05, 3.63) is 89.2 Å². The molecule has 0 aliphatic carbocycles. The van der Waals surface area contributed by atoms with Gasteiger partial charge < -0.3 is 4.90 Å². The average molecular weight is 476 g/mol. The highest BCUT2D eigenvalue weighted by atomic mass is 32.2. The molecule has 178 valence electrons. The molecule has 34 heavy (non-hydrogen) atoms. The highest BCUT2D eigenvalue weighted by molar-refractivity contribution is 7.90. The second kappa shape index (κ2) is 8.09. The number of rotatable bonds is 4. The van der Waals surface area contributed by atoms with Crippen molar-refractivity contribution in [3.63, 3.8) is 0 Å². The van der Waals surface area contributed by atoms with Gasteiger partial charge in [-0.15, -0.1) is 0 Å². The molecule has 0 radical (unpaired) electrons. The third-order valence-electron chi connectivity index (χ3n) is 7.35. The number of likely N-dealkylation sites (N-methyl/N-ethyl adjacent to an activating group) is 1. The standard InChI is InChI=1S/C29H35N2O2S/c1-20-14-16-24-22(18-20)28(2,3)26(30(24)6)12-10-9-11-13-27-29(4,5)23-19-21(34(8,32)33)15-17-25(23)31(27)7/h9-19H,1-8H3/q+1. The van der Waals surface area contributed by atoms with E-state index >= 15 is 0 Å². The van der Waals surface area contributed by atoms with Crippen molar-refractivity contribution < 1.29 is 13.0 Å². The van der Waals surface area contributed by atoms with Crippen molar-refractivity contribution in [1.82, 2.24) is 0 Å². The highest BCUT2D eigenvalue weighted by Crippen LogP contribution is 2.47.